The summed E-state index contributed by atoms with van der Waals surface area (Å²) in [5.41, 5.74) is 0. The molecule has 0 aliphatic carbocycles. The first kappa shape index (κ1) is 19.0. The molecule has 0 bridgehead atoms. The van der Waals surface area contributed by atoms with E-state index in [4.69, 9.17) is 9.84 Å². The number of ether oxygens (including phenoxy) is 1. The number of carbonyl (C=O) groups is 2. The van der Waals surface area contributed by atoms with Gasteiger partial charge in [0.15, 0.2) is 0 Å². The lowest BCUT2D eigenvalue weighted by Gasteiger charge is -2.29. The Morgan fingerprint density at radius 2 is 1.41 bits per heavy atom. The van der Waals surface area contributed by atoms with E-state index < -0.39 is 5.97 Å². The van der Waals surface area contributed by atoms with Crippen LogP contribution in [-0.2, 0) is 14.3 Å². The van der Waals surface area contributed by atoms with E-state index in [9.17, 15) is 9.59 Å². The average molecular weight is 315 g/mol. The van der Waals surface area contributed by atoms with Crippen LogP contribution in [0.2, 0.25) is 0 Å². The smallest absolute Gasteiger partial charge is 0.317 e. The summed E-state index contributed by atoms with van der Waals surface area (Å²) in [5, 5.41) is 9.05. The third-order valence-corrected chi connectivity index (χ3v) is 3.82. The van der Waals surface area contributed by atoms with Crippen LogP contribution in [0.15, 0.2) is 0 Å². The van der Waals surface area contributed by atoms with Crippen molar-refractivity contribution in [2.24, 2.45) is 0 Å². The zero-order valence-electron chi connectivity index (χ0n) is 13.8. The largest absolute Gasteiger partial charge is 0.480 e. The predicted molar refractivity (Wildman–Crippen MR) is 84.1 cm³/mol. The summed E-state index contributed by atoms with van der Waals surface area (Å²) in [5.74, 6) is -0.689. The fraction of sp³-hybridized carbons (Fsp3) is 0.867. The predicted octanol–water partition coefficient (Wildman–Crippen LogP) is -0.384. The maximum absolute atomic E-state index is 11.3. The summed E-state index contributed by atoms with van der Waals surface area (Å²) in [4.78, 5) is 28.6. The maximum atomic E-state index is 11.3. The van der Waals surface area contributed by atoms with Crippen molar-refractivity contribution in [1.29, 1.82) is 0 Å². The molecule has 7 nitrogen and oxygen atoms in total. The third kappa shape index (κ3) is 8.43. The molecule has 1 aliphatic rings. The van der Waals surface area contributed by atoms with E-state index >= 15 is 0 Å². The van der Waals surface area contributed by atoms with Gasteiger partial charge in [-0.2, -0.15) is 0 Å². The molecule has 1 heterocycles. The van der Waals surface area contributed by atoms with Crippen LogP contribution in [-0.4, -0.2) is 104 Å². The average Bonchev–Trinajstić information content (AvgIpc) is 2.43. The van der Waals surface area contributed by atoms with Crippen LogP contribution < -0.4 is 0 Å². The molecule has 0 saturated carbocycles. The van der Waals surface area contributed by atoms with Crippen molar-refractivity contribution in [3.8, 4) is 0 Å². The van der Waals surface area contributed by atoms with Crippen molar-refractivity contribution in [2.75, 3.05) is 72.1 Å². The number of nitrogens with zero attached hydrogens (tertiary/aromatic N) is 3. The van der Waals surface area contributed by atoms with E-state index in [2.05, 4.69) is 11.8 Å². The number of carbonyl (C=O) groups excluding carboxylic acids is 1. The first-order chi connectivity index (χ1) is 10.5. The van der Waals surface area contributed by atoms with E-state index in [1.165, 1.54) is 0 Å². The number of Topliss-reactive ketones (excluding diaryl/α,β-unsaturated/α-hetero) is 1. The molecule has 22 heavy (non-hydrogen) atoms. The van der Waals surface area contributed by atoms with Gasteiger partial charge in [0, 0.05) is 39.3 Å². The molecule has 128 valence electrons. The fourth-order valence-electron chi connectivity index (χ4n) is 2.53. The van der Waals surface area contributed by atoms with Crippen molar-refractivity contribution in [2.45, 2.75) is 13.8 Å². The van der Waals surface area contributed by atoms with E-state index in [-0.39, 0.29) is 12.3 Å². The van der Waals surface area contributed by atoms with E-state index in [0.29, 0.717) is 45.9 Å². The molecule has 1 N–H and O–H groups in total. The molecule has 1 fully saturated rings. The summed E-state index contributed by atoms with van der Waals surface area (Å²) < 4.78 is 5.64. The maximum Gasteiger partial charge on any atom is 0.317 e. The minimum atomic E-state index is -0.809. The van der Waals surface area contributed by atoms with Crippen LogP contribution in [0.25, 0.3) is 0 Å². The summed E-state index contributed by atoms with van der Waals surface area (Å²) in [7, 11) is 0. The van der Waals surface area contributed by atoms with Crippen LogP contribution in [0.4, 0.5) is 0 Å². The van der Waals surface area contributed by atoms with Gasteiger partial charge in [-0.25, -0.2) is 0 Å². The lowest BCUT2D eigenvalue weighted by atomic mass is 10.3. The number of ketones is 1. The first-order valence-electron chi connectivity index (χ1n) is 7.97. The van der Waals surface area contributed by atoms with Crippen LogP contribution >= 0.6 is 0 Å². The van der Waals surface area contributed by atoms with Gasteiger partial charge in [0.25, 0.3) is 0 Å². The Labute approximate surface area is 132 Å². The van der Waals surface area contributed by atoms with Gasteiger partial charge in [-0.3, -0.25) is 19.4 Å². The molecule has 0 aromatic heterocycles. The van der Waals surface area contributed by atoms with Gasteiger partial charge in [-0.1, -0.05) is 6.92 Å². The summed E-state index contributed by atoms with van der Waals surface area (Å²) in [6.07, 6.45) is 0. The Morgan fingerprint density at radius 3 is 1.91 bits per heavy atom. The standard InChI is InChI=1S/C15H29N3O4/c1-3-16-4-5-17(13-15(20)21)6-7-18(12-14(2)19)9-11-22-10-8-16/h3-13H2,1-2H3,(H,20,21). The highest BCUT2D eigenvalue weighted by Gasteiger charge is 2.15. The van der Waals surface area contributed by atoms with Crippen LogP contribution in [0.1, 0.15) is 13.8 Å². The Morgan fingerprint density at radius 1 is 0.909 bits per heavy atom. The van der Waals surface area contributed by atoms with Crippen molar-refractivity contribution in [1.82, 2.24) is 14.7 Å². The van der Waals surface area contributed by atoms with Gasteiger partial charge in [-0.05, 0) is 13.5 Å². The molecule has 0 amide bonds. The molecular weight excluding hydrogens is 286 g/mol. The third-order valence-electron chi connectivity index (χ3n) is 3.82. The number of hydrogen-bond donors (Lipinski definition) is 1. The van der Waals surface area contributed by atoms with Gasteiger partial charge in [-0.15, -0.1) is 0 Å². The first-order valence-corrected chi connectivity index (χ1v) is 7.97. The Balaban J connectivity index is 2.62. The van der Waals surface area contributed by atoms with Gasteiger partial charge < -0.3 is 14.7 Å². The molecule has 1 rings (SSSR count). The molecule has 0 spiro atoms. The number of aliphatic carboxylic acids is 1. The quantitative estimate of drug-likeness (QED) is 0.741. The molecule has 1 aliphatic heterocycles. The minimum Gasteiger partial charge on any atom is -0.480 e. The fourth-order valence-corrected chi connectivity index (χ4v) is 2.53. The Kier molecular flexibility index (Phi) is 9.22. The monoisotopic (exact) mass is 315 g/mol. The lowest BCUT2D eigenvalue weighted by molar-refractivity contribution is -0.138. The molecule has 0 radical (unpaired) electrons. The minimum absolute atomic E-state index is 0.0436. The molecule has 7 heteroatoms. The number of hydrogen-bond acceptors (Lipinski definition) is 6. The Bertz CT molecular complexity index is 352. The molecule has 0 aromatic rings. The highest BCUT2D eigenvalue weighted by atomic mass is 16.5. The highest BCUT2D eigenvalue weighted by molar-refractivity contribution is 5.77. The highest BCUT2D eigenvalue weighted by Crippen LogP contribution is 1.98. The van der Waals surface area contributed by atoms with Crippen LogP contribution in [0, 0.1) is 0 Å². The van der Waals surface area contributed by atoms with Gasteiger partial charge in [0.05, 0.1) is 26.3 Å². The zero-order valence-corrected chi connectivity index (χ0v) is 13.8. The normalized spacial score (nSPS) is 21.0. The van der Waals surface area contributed by atoms with E-state index in [1.54, 1.807) is 6.92 Å². The van der Waals surface area contributed by atoms with Crippen molar-refractivity contribution >= 4 is 11.8 Å². The van der Waals surface area contributed by atoms with Gasteiger partial charge in [0.1, 0.15) is 5.78 Å². The zero-order chi connectivity index (χ0) is 16.4. The van der Waals surface area contributed by atoms with E-state index in [0.717, 1.165) is 19.6 Å². The lowest BCUT2D eigenvalue weighted by Crippen LogP contribution is -2.44. The second-order valence-electron chi connectivity index (χ2n) is 5.69. The second kappa shape index (κ2) is 10.7. The SMILES string of the molecule is CCN1CCOCCN(CC(C)=O)CCN(CC(=O)O)CC1. The summed E-state index contributed by atoms with van der Waals surface area (Å²) >= 11 is 0. The molecule has 0 unspecified atom stereocenters. The Hall–Kier alpha value is -1.02. The topological polar surface area (TPSA) is 73.3 Å². The summed E-state index contributed by atoms with van der Waals surface area (Å²) in [6, 6.07) is 0. The number of rotatable bonds is 5. The molecule has 1 saturated heterocycles. The number of likely N-dealkylation sites (N-methyl/N-ethyl adjacent to an activating group) is 1. The van der Waals surface area contributed by atoms with E-state index in [1.807, 2.05) is 9.80 Å². The number of carboxylic acids is 1. The second-order valence-corrected chi connectivity index (χ2v) is 5.69. The van der Waals surface area contributed by atoms with Crippen molar-refractivity contribution < 1.29 is 19.4 Å². The molecular formula is C15H29N3O4. The van der Waals surface area contributed by atoms with Gasteiger partial charge in [0.2, 0.25) is 0 Å². The van der Waals surface area contributed by atoms with Crippen molar-refractivity contribution in [3.05, 3.63) is 0 Å². The summed E-state index contributed by atoms with van der Waals surface area (Å²) in [6.45, 7) is 10.7. The van der Waals surface area contributed by atoms with Crippen LogP contribution in [0.3, 0.4) is 0 Å². The number of carboxylic acid groups (broad SMARTS) is 1. The van der Waals surface area contributed by atoms with Crippen LogP contribution in [0.5, 0.6) is 0 Å². The molecule has 0 atom stereocenters. The van der Waals surface area contributed by atoms with Gasteiger partial charge >= 0.3 is 5.97 Å². The van der Waals surface area contributed by atoms with Crippen molar-refractivity contribution in [3.63, 3.8) is 0 Å². The molecule has 0 aromatic carbocycles.